The van der Waals surface area contributed by atoms with Crippen molar-refractivity contribution in [3.8, 4) is 0 Å². The minimum atomic E-state index is 0. The normalized spacial score (nSPS) is 22.1. The number of halogens is 1. The molecule has 0 aromatic carbocycles. The van der Waals surface area contributed by atoms with Crippen molar-refractivity contribution in [1.29, 1.82) is 0 Å². The maximum Gasteiger partial charge on any atom is 0.223 e. The fourth-order valence-corrected chi connectivity index (χ4v) is 2.93. The van der Waals surface area contributed by atoms with Crippen molar-refractivity contribution in [2.45, 2.75) is 44.9 Å². The van der Waals surface area contributed by atoms with Crippen molar-refractivity contribution in [1.82, 2.24) is 10.6 Å². The van der Waals surface area contributed by atoms with Gasteiger partial charge in [-0.2, -0.15) is 0 Å². The van der Waals surface area contributed by atoms with E-state index in [1.807, 2.05) is 0 Å². The van der Waals surface area contributed by atoms with E-state index in [4.69, 9.17) is 0 Å². The maximum atomic E-state index is 11.8. The van der Waals surface area contributed by atoms with Crippen LogP contribution in [0.15, 0.2) is 0 Å². The zero-order valence-corrected chi connectivity index (χ0v) is 11.4. The molecule has 17 heavy (non-hydrogen) atoms. The molecule has 2 rings (SSSR count). The number of amides is 1. The lowest BCUT2D eigenvalue weighted by molar-refractivity contribution is -0.125. The molecule has 1 aliphatic carbocycles. The molecule has 0 atom stereocenters. The topological polar surface area (TPSA) is 41.1 Å². The van der Waals surface area contributed by atoms with Crippen LogP contribution in [0, 0.1) is 11.8 Å². The third kappa shape index (κ3) is 4.84. The molecule has 2 fully saturated rings. The van der Waals surface area contributed by atoms with E-state index in [0.29, 0.717) is 5.91 Å². The van der Waals surface area contributed by atoms with Gasteiger partial charge in [-0.15, -0.1) is 12.4 Å². The minimum absolute atomic E-state index is 0. The first kappa shape index (κ1) is 14.8. The van der Waals surface area contributed by atoms with Crippen LogP contribution >= 0.6 is 12.4 Å². The minimum Gasteiger partial charge on any atom is -0.356 e. The van der Waals surface area contributed by atoms with Crippen LogP contribution in [-0.2, 0) is 4.79 Å². The fourth-order valence-electron chi connectivity index (χ4n) is 2.93. The van der Waals surface area contributed by atoms with Gasteiger partial charge in [-0.25, -0.2) is 0 Å². The molecule has 0 bridgehead atoms. The third-order valence-electron chi connectivity index (χ3n) is 4.04. The average molecular weight is 261 g/mol. The van der Waals surface area contributed by atoms with E-state index in [2.05, 4.69) is 10.6 Å². The van der Waals surface area contributed by atoms with Crippen LogP contribution in [0.1, 0.15) is 44.9 Å². The van der Waals surface area contributed by atoms with Crippen LogP contribution in [0.5, 0.6) is 0 Å². The van der Waals surface area contributed by atoms with Crippen molar-refractivity contribution in [2.24, 2.45) is 11.8 Å². The zero-order valence-electron chi connectivity index (χ0n) is 10.5. The highest BCUT2D eigenvalue weighted by atomic mass is 35.5. The van der Waals surface area contributed by atoms with Gasteiger partial charge >= 0.3 is 0 Å². The molecule has 1 amide bonds. The number of nitrogens with one attached hydrogen (secondary N) is 2. The second-order valence-electron chi connectivity index (χ2n) is 5.25. The lowest BCUT2D eigenvalue weighted by Gasteiger charge is -2.22. The zero-order chi connectivity index (χ0) is 11.2. The van der Waals surface area contributed by atoms with Gasteiger partial charge in [0.1, 0.15) is 0 Å². The van der Waals surface area contributed by atoms with Gasteiger partial charge in [-0.1, -0.05) is 25.7 Å². The molecule has 3 nitrogen and oxygen atoms in total. The predicted octanol–water partition coefficient (Wildman–Crippen LogP) is 2.10. The Hall–Kier alpha value is -0.280. The quantitative estimate of drug-likeness (QED) is 0.813. The van der Waals surface area contributed by atoms with E-state index < -0.39 is 0 Å². The summed E-state index contributed by atoms with van der Waals surface area (Å²) in [6, 6.07) is 0. The summed E-state index contributed by atoms with van der Waals surface area (Å²) in [5, 5.41) is 6.40. The molecule has 2 N–H and O–H groups in total. The second-order valence-corrected chi connectivity index (χ2v) is 5.25. The molecule has 1 saturated carbocycles. The van der Waals surface area contributed by atoms with Crippen LogP contribution in [0.25, 0.3) is 0 Å². The van der Waals surface area contributed by atoms with Gasteiger partial charge in [0.2, 0.25) is 5.91 Å². The summed E-state index contributed by atoms with van der Waals surface area (Å²) in [5.74, 6) is 1.44. The Labute approximate surface area is 111 Å². The standard InChI is InChI=1S/C13H24N2O.ClH/c16-13(12-6-8-14-9-7-12)15-10-5-11-3-1-2-4-11;/h11-12,14H,1-10H2,(H,15,16);1H. The molecule has 1 saturated heterocycles. The van der Waals surface area contributed by atoms with E-state index >= 15 is 0 Å². The van der Waals surface area contributed by atoms with Gasteiger partial charge in [0, 0.05) is 12.5 Å². The van der Waals surface area contributed by atoms with Gasteiger partial charge in [-0.05, 0) is 38.3 Å². The van der Waals surface area contributed by atoms with Crippen molar-refractivity contribution in [3.63, 3.8) is 0 Å². The molecule has 0 aromatic rings. The smallest absolute Gasteiger partial charge is 0.223 e. The molecule has 0 radical (unpaired) electrons. The number of carbonyl (C=O) groups excluding carboxylic acids is 1. The number of hydrogen-bond acceptors (Lipinski definition) is 2. The van der Waals surface area contributed by atoms with E-state index in [1.54, 1.807) is 0 Å². The van der Waals surface area contributed by atoms with E-state index in [-0.39, 0.29) is 18.3 Å². The van der Waals surface area contributed by atoms with Crippen LogP contribution in [-0.4, -0.2) is 25.5 Å². The average Bonchev–Trinajstić information content (AvgIpc) is 2.83. The Kier molecular flexibility index (Phi) is 6.90. The summed E-state index contributed by atoms with van der Waals surface area (Å²) < 4.78 is 0. The Bertz CT molecular complexity index is 223. The van der Waals surface area contributed by atoms with Crippen LogP contribution in [0.3, 0.4) is 0 Å². The number of rotatable bonds is 4. The molecule has 1 aliphatic heterocycles. The van der Waals surface area contributed by atoms with E-state index in [9.17, 15) is 4.79 Å². The number of piperidine rings is 1. The maximum absolute atomic E-state index is 11.8. The first-order valence-corrected chi connectivity index (χ1v) is 6.84. The third-order valence-corrected chi connectivity index (χ3v) is 4.04. The Morgan fingerprint density at radius 2 is 1.76 bits per heavy atom. The summed E-state index contributed by atoms with van der Waals surface area (Å²) >= 11 is 0. The summed E-state index contributed by atoms with van der Waals surface area (Å²) in [6.45, 7) is 2.90. The highest BCUT2D eigenvalue weighted by Gasteiger charge is 2.21. The van der Waals surface area contributed by atoms with E-state index in [1.165, 1.54) is 32.1 Å². The number of carbonyl (C=O) groups is 1. The monoisotopic (exact) mass is 260 g/mol. The van der Waals surface area contributed by atoms with Gasteiger partial charge in [0.05, 0.1) is 0 Å². The summed E-state index contributed by atoms with van der Waals surface area (Å²) in [6.07, 6.45) is 8.76. The van der Waals surface area contributed by atoms with E-state index in [0.717, 1.165) is 38.4 Å². The SMILES string of the molecule is Cl.O=C(NCCC1CCCC1)C1CCNCC1. The number of hydrogen-bond donors (Lipinski definition) is 2. The Morgan fingerprint density at radius 1 is 1.12 bits per heavy atom. The first-order valence-electron chi connectivity index (χ1n) is 6.84. The van der Waals surface area contributed by atoms with Crippen LogP contribution < -0.4 is 10.6 Å². The summed E-state index contributed by atoms with van der Waals surface area (Å²) in [7, 11) is 0. The van der Waals surface area contributed by atoms with Gasteiger partial charge in [0.25, 0.3) is 0 Å². The molecule has 2 aliphatic rings. The summed E-state index contributed by atoms with van der Waals surface area (Å²) in [5.41, 5.74) is 0. The largest absolute Gasteiger partial charge is 0.356 e. The molecule has 100 valence electrons. The highest BCUT2D eigenvalue weighted by molar-refractivity contribution is 5.85. The predicted molar refractivity (Wildman–Crippen MR) is 72.4 cm³/mol. The molecular formula is C13H25ClN2O. The molecule has 4 heteroatoms. The van der Waals surface area contributed by atoms with Crippen molar-refractivity contribution >= 4 is 18.3 Å². The Morgan fingerprint density at radius 3 is 2.41 bits per heavy atom. The van der Waals surface area contributed by atoms with Gasteiger partial charge in [-0.3, -0.25) is 4.79 Å². The van der Waals surface area contributed by atoms with Crippen LogP contribution in [0.4, 0.5) is 0 Å². The van der Waals surface area contributed by atoms with Crippen molar-refractivity contribution in [2.75, 3.05) is 19.6 Å². The van der Waals surface area contributed by atoms with Gasteiger partial charge in [0.15, 0.2) is 0 Å². The van der Waals surface area contributed by atoms with Gasteiger partial charge < -0.3 is 10.6 Å². The molecule has 1 heterocycles. The first-order chi connectivity index (χ1) is 7.86. The summed E-state index contributed by atoms with van der Waals surface area (Å²) in [4.78, 5) is 11.8. The lowest BCUT2D eigenvalue weighted by atomic mass is 9.97. The fraction of sp³-hybridized carbons (Fsp3) is 0.923. The second kappa shape index (κ2) is 7.93. The molecule has 0 aromatic heterocycles. The van der Waals surface area contributed by atoms with Crippen molar-refractivity contribution in [3.05, 3.63) is 0 Å². The Balaban J connectivity index is 0.00000144. The lowest BCUT2D eigenvalue weighted by Crippen LogP contribution is -2.38. The highest BCUT2D eigenvalue weighted by Crippen LogP contribution is 2.26. The van der Waals surface area contributed by atoms with Crippen LogP contribution in [0.2, 0.25) is 0 Å². The molecular weight excluding hydrogens is 236 g/mol. The molecule has 0 unspecified atom stereocenters. The molecule has 0 spiro atoms. The van der Waals surface area contributed by atoms with Crippen molar-refractivity contribution < 1.29 is 4.79 Å².